The molecule has 0 atom stereocenters. The Bertz CT molecular complexity index is 610. The number of nitrogens with zero attached hydrogens (tertiary/aromatic N) is 1. The molecule has 2 aromatic rings. The van der Waals surface area contributed by atoms with Gasteiger partial charge in [0.1, 0.15) is 5.82 Å². The van der Waals surface area contributed by atoms with Crippen LogP contribution in [0.15, 0.2) is 42.6 Å². The number of carbonyl (C=O) groups excluding carboxylic acids is 1. The Hall–Kier alpha value is -2.40. The van der Waals surface area contributed by atoms with Gasteiger partial charge in [0.05, 0.1) is 0 Å². The van der Waals surface area contributed by atoms with Crippen molar-refractivity contribution in [3.05, 3.63) is 53.7 Å². The van der Waals surface area contributed by atoms with E-state index in [1.807, 2.05) is 24.3 Å². The van der Waals surface area contributed by atoms with Gasteiger partial charge in [-0.05, 0) is 35.7 Å². The lowest BCUT2D eigenvalue weighted by atomic mass is 10.0. The van der Waals surface area contributed by atoms with E-state index in [2.05, 4.69) is 29.6 Å². The number of benzene rings is 1. The van der Waals surface area contributed by atoms with Crippen molar-refractivity contribution in [2.45, 2.75) is 19.8 Å². The van der Waals surface area contributed by atoms with Crippen molar-refractivity contribution in [1.82, 2.24) is 4.98 Å². The molecule has 0 bridgehead atoms. The van der Waals surface area contributed by atoms with E-state index in [4.69, 9.17) is 5.84 Å². The van der Waals surface area contributed by atoms with Gasteiger partial charge in [-0.3, -0.25) is 4.79 Å². The van der Waals surface area contributed by atoms with Crippen LogP contribution in [0.2, 0.25) is 0 Å². The van der Waals surface area contributed by atoms with Crippen molar-refractivity contribution in [2.24, 2.45) is 5.84 Å². The molecule has 1 aromatic carbocycles. The maximum Gasteiger partial charge on any atom is 0.255 e. The van der Waals surface area contributed by atoms with E-state index in [0.717, 1.165) is 5.69 Å². The number of nitrogens with two attached hydrogens (primary N) is 1. The molecule has 1 amide bonds. The summed E-state index contributed by atoms with van der Waals surface area (Å²) in [6.07, 6.45) is 1.54. The first-order valence-corrected chi connectivity index (χ1v) is 6.44. The summed E-state index contributed by atoms with van der Waals surface area (Å²) in [7, 11) is 0. The predicted octanol–water partition coefficient (Wildman–Crippen LogP) is 2.74. The number of nitrogens with one attached hydrogen (secondary N) is 2. The van der Waals surface area contributed by atoms with E-state index >= 15 is 0 Å². The summed E-state index contributed by atoms with van der Waals surface area (Å²) in [4.78, 5) is 16.1. The minimum absolute atomic E-state index is 0.190. The SMILES string of the molecule is CC(C)c1cccc(NC(=O)c2ccnc(NN)c2)c1. The fourth-order valence-corrected chi connectivity index (χ4v) is 1.83. The van der Waals surface area contributed by atoms with Crippen LogP contribution in [0, 0.1) is 0 Å². The molecule has 5 heteroatoms. The number of pyridine rings is 1. The monoisotopic (exact) mass is 270 g/mol. The standard InChI is InChI=1S/C15H18N4O/c1-10(2)11-4-3-5-13(8-11)18-15(20)12-6-7-17-14(9-12)19-16/h3-10H,16H2,1-2H3,(H,17,19)(H,18,20). The highest BCUT2D eigenvalue weighted by atomic mass is 16.1. The highest BCUT2D eigenvalue weighted by Gasteiger charge is 2.08. The summed E-state index contributed by atoms with van der Waals surface area (Å²) in [5.74, 6) is 5.96. The molecule has 0 radical (unpaired) electrons. The molecule has 0 saturated heterocycles. The second kappa shape index (κ2) is 6.16. The van der Waals surface area contributed by atoms with Crippen LogP contribution in [0.1, 0.15) is 35.7 Å². The van der Waals surface area contributed by atoms with Gasteiger partial charge in [-0.1, -0.05) is 26.0 Å². The fourth-order valence-electron chi connectivity index (χ4n) is 1.83. The van der Waals surface area contributed by atoms with Gasteiger partial charge in [0, 0.05) is 17.4 Å². The average Bonchev–Trinajstić information content (AvgIpc) is 2.47. The molecule has 1 heterocycles. The Kier molecular flexibility index (Phi) is 4.32. The fraction of sp³-hybridized carbons (Fsp3) is 0.200. The molecule has 0 aliphatic carbocycles. The van der Waals surface area contributed by atoms with Gasteiger partial charge in [0.2, 0.25) is 0 Å². The first-order valence-electron chi connectivity index (χ1n) is 6.44. The summed E-state index contributed by atoms with van der Waals surface area (Å²) in [5, 5.41) is 2.87. The van der Waals surface area contributed by atoms with Crippen molar-refractivity contribution in [2.75, 3.05) is 10.7 Å². The first-order chi connectivity index (χ1) is 9.60. The average molecular weight is 270 g/mol. The normalized spacial score (nSPS) is 10.4. The van der Waals surface area contributed by atoms with Gasteiger partial charge in [-0.2, -0.15) is 0 Å². The Labute approximate surface area is 118 Å². The van der Waals surface area contributed by atoms with Gasteiger partial charge in [0.25, 0.3) is 5.91 Å². The highest BCUT2D eigenvalue weighted by molar-refractivity contribution is 6.04. The largest absolute Gasteiger partial charge is 0.322 e. The maximum absolute atomic E-state index is 12.2. The molecule has 5 nitrogen and oxygen atoms in total. The minimum Gasteiger partial charge on any atom is -0.322 e. The van der Waals surface area contributed by atoms with E-state index in [1.54, 1.807) is 12.1 Å². The van der Waals surface area contributed by atoms with Crippen LogP contribution in [0.25, 0.3) is 0 Å². The molecular formula is C15H18N4O. The van der Waals surface area contributed by atoms with Crippen LogP contribution < -0.4 is 16.6 Å². The third-order valence-corrected chi connectivity index (χ3v) is 2.98. The number of amides is 1. The van der Waals surface area contributed by atoms with Gasteiger partial charge in [-0.15, -0.1) is 0 Å². The Morgan fingerprint density at radius 3 is 2.75 bits per heavy atom. The quantitative estimate of drug-likeness (QED) is 0.589. The number of anilines is 2. The van der Waals surface area contributed by atoms with Crippen molar-refractivity contribution < 1.29 is 4.79 Å². The van der Waals surface area contributed by atoms with Gasteiger partial charge in [-0.25, -0.2) is 10.8 Å². The third kappa shape index (κ3) is 3.33. The highest BCUT2D eigenvalue weighted by Crippen LogP contribution is 2.19. The van der Waals surface area contributed by atoms with E-state index in [0.29, 0.717) is 17.3 Å². The lowest BCUT2D eigenvalue weighted by Gasteiger charge is -2.10. The lowest BCUT2D eigenvalue weighted by molar-refractivity contribution is 0.102. The summed E-state index contributed by atoms with van der Waals surface area (Å²) in [5.41, 5.74) is 4.88. The van der Waals surface area contributed by atoms with Crippen LogP contribution in [0.3, 0.4) is 0 Å². The van der Waals surface area contributed by atoms with Crippen molar-refractivity contribution in [1.29, 1.82) is 0 Å². The smallest absolute Gasteiger partial charge is 0.255 e. The van der Waals surface area contributed by atoms with Gasteiger partial charge >= 0.3 is 0 Å². The van der Waals surface area contributed by atoms with Crippen LogP contribution in [0.5, 0.6) is 0 Å². The van der Waals surface area contributed by atoms with Crippen LogP contribution in [0.4, 0.5) is 11.5 Å². The molecular weight excluding hydrogens is 252 g/mol. The first kappa shape index (κ1) is 14.0. The van der Waals surface area contributed by atoms with E-state index in [1.165, 1.54) is 11.8 Å². The molecule has 20 heavy (non-hydrogen) atoms. The van der Waals surface area contributed by atoms with Crippen LogP contribution in [-0.4, -0.2) is 10.9 Å². The molecule has 0 aliphatic heterocycles. The predicted molar refractivity (Wildman–Crippen MR) is 80.5 cm³/mol. The Balaban J connectivity index is 2.16. The zero-order valence-electron chi connectivity index (χ0n) is 11.6. The summed E-state index contributed by atoms with van der Waals surface area (Å²) >= 11 is 0. The molecule has 104 valence electrons. The zero-order chi connectivity index (χ0) is 14.5. The maximum atomic E-state index is 12.2. The molecule has 1 aromatic heterocycles. The van der Waals surface area contributed by atoms with Crippen molar-refractivity contribution in [3.63, 3.8) is 0 Å². The Morgan fingerprint density at radius 1 is 1.25 bits per heavy atom. The van der Waals surface area contributed by atoms with Crippen LogP contribution in [-0.2, 0) is 0 Å². The minimum atomic E-state index is -0.190. The third-order valence-electron chi connectivity index (χ3n) is 2.98. The zero-order valence-corrected chi connectivity index (χ0v) is 11.6. The Morgan fingerprint density at radius 2 is 2.05 bits per heavy atom. The number of carbonyl (C=O) groups is 1. The molecule has 0 fully saturated rings. The molecule has 0 saturated carbocycles. The molecule has 0 spiro atoms. The molecule has 0 aliphatic rings. The number of hydrogen-bond donors (Lipinski definition) is 3. The number of aromatic nitrogens is 1. The van der Waals surface area contributed by atoms with Gasteiger partial charge < -0.3 is 10.7 Å². The number of rotatable bonds is 4. The van der Waals surface area contributed by atoms with Crippen molar-refractivity contribution in [3.8, 4) is 0 Å². The summed E-state index contributed by atoms with van der Waals surface area (Å²) < 4.78 is 0. The van der Waals surface area contributed by atoms with E-state index in [9.17, 15) is 4.79 Å². The lowest BCUT2D eigenvalue weighted by Crippen LogP contribution is -2.14. The number of nitrogen functional groups attached to an aromatic ring is 1. The van der Waals surface area contributed by atoms with E-state index < -0.39 is 0 Å². The number of hydrogen-bond acceptors (Lipinski definition) is 4. The molecule has 4 N–H and O–H groups in total. The summed E-state index contributed by atoms with van der Waals surface area (Å²) in [6.45, 7) is 4.23. The summed E-state index contributed by atoms with van der Waals surface area (Å²) in [6, 6.07) is 11.1. The molecule has 0 unspecified atom stereocenters. The van der Waals surface area contributed by atoms with Gasteiger partial charge in [0.15, 0.2) is 0 Å². The second-order valence-corrected chi connectivity index (χ2v) is 4.81. The van der Waals surface area contributed by atoms with Crippen molar-refractivity contribution >= 4 is 17.4 Å². The van der Waals surface area contributed by atoms with Crippen LogP contribution >= 0.6 is 0 Å². The van der Waals surface area contributed by atoms with E-state index in [-0.39, 0.29) is 5.91 Å². The molecule has 2 rings (SSSR count). The topological polar surface area (TPSA) is 80.0 Å². The number of hydrazine groups is 1. The second-order valence-electron chi connectivity index (χ2n) is 4.81.